The van der Waals surface area contributed by atoms with Gasteiger partial charge < -0.3 is 14.2 Å². The average Bonchev–Trinajstić information content (AvgIpc) is 3.08. The Hall–Kier alpha value is -2.45. The molecule has 136 valence electrons. The van der Waals surface area contributed by atoms with E-state index < -0.39 is 17.9 Å². The smallest absolute Gasteiger partial charge is 0.279 e. The number of carbonyl (C=O) groups excluding carboxylic acids is 2. The van der Waals surface area contributed by atoms with Gasteiger partial charge in [-0.25, -0.2) is 0 Å². The molecule has 0 radical (unpaired) electrons. The molecule has 26 heavy (non-hydrogen) atoms. The molecule has 2 aromatic rings. The first-order valence-electron chi connectivity index (χ1n) is 7.55. The van der Waals surface area contributed by atoms with Crippen molar-refractivity contribution in [2.24, 2.45) is 0 Å². The van der Waals surface area contributed by atoms with Crippen molar-refractivity contribution >= 4 is 39.3 Å². The van der Waals surface area contributed by atoms with Gasteiger partial charge in [-0.1, -0.05) is 33.6 Å². The molecule has 1 atom stereocenters. The molecule has 2 N–H and O–H groups in total. The molecule has 0 fully saturated rings. The van der Waals surface area contributed by atoms with Crippen LogP contribution in [0.5, 0.6) is 17.2 Å². The van der Waals surface area contributed by atoms with Gasteiger partial charge in [-0.2, -0.15) is 0 Å². The van der Waals surface area contributed by atoms with Gasteiger partial charge in [-0.05, 0) is 37.3 Å². The van der Waals surface area contributed by atoms with Crippen LogP contribution < -0.4 is 25.1 Å². The number of ether oxygens (including phenoxy) is 3. The van der Waals surface area contributed by atoms with Crippen molar-refractivity contribution in [3.63, 3.8) is 0 Å². The first kappa shape index (κ1) is 18.3. The third kappa shape index (κ3) is 4.20. The van der Waals surface area contributed by atoms with Gasteiger partial charge in [0.05, 0.1) is 5.02 Å². The topological polar surface area (TPSA) is 85.9 Å². The molecule has 0 bridgehead atoms. The average molecular weight is 442 g/mol. The number of carbonyl (C=O) groups is 2. The minimum absolute atomic E-state index is 0.0430. The third-order valence-electron chi connectivity index (χ3n) is 3.47. The molecule has 0 saturated heterocycles. The van der Waals surface area contributed by atoms with Gasteiger partial charge in [-0.15, -0.1) is 0 Å². The summed E-state index contributed by atoms with van der Waals surface area (Å²) >= 11 is 9.36. The van der Waals surface area contributed by atoms with Crippen molar-refractivity contribution in [2.45, 2.75) is 13.0 Å². The van der Waals surface area contributed by atoms with Gasteiger partial charge >= 0.3 is 0 Å². The number of nitrogens with one attached hydrogen (secondary N) is 2. The zero-order chi connectivity index (χ0) is 18.7. The van der Waals surface area contributed by atoms with Crippen LogP contribution in [-0.2, 0) is 4.79 Å². The van der Waals surface area contributed by atoms with E-state index in [0.29, 0.717) is 17.2 Å². The van der Waals surface area contributed by atoms with Crippen LogP contribution in [0.15, 0.2) is 40.9 Å². The molecule has 1 heterocycles. The summed E-state index contributed by atoms with van der Waals surface area (Å²) in [7, 11) is 0. The number of rotatable bonds is 4. The zero-order valence-corrected chi connectivity index (χ0v) is 15.9. The summed E-state index contributed by atoms with van der Waals surface area (Å²) in [5.41, 5.74) is 4.85. The first-order chi connectivity index (χ1) is 12.4. The molecule has 9 heteroatoms. The fraction of sp³-hybridized carbons (Fsp3) is 0.176. The molecule has 7 nitrogen and oxygen atoms in total. The summed E-state index contributed by atoms with van der Waals surface area (Å²) in [6.45, 7) is 1.61. The molecule has 0 aromatic heterocycles. The maximum absolute atomic E-state index is 12.2. The van der Waals surface area contributed by atoms with Crippen LogP contribution in [0.1, 0.15) is 17.3 Å². The summed E-state index contributed by atoms with van der Waals surface area (Å²) in [5, 5.41) is 0.253. The van der Waals surface area contributed by atoms with Crippen molar-refractivity contribution in [1.29, 1.82) is 0 Å². The van der Waals surface area contributed by atoms with Crippen LogP contribution in [0.3, 0.4) is 0 Å². The molecule has 2 amide bonds. The fourth-order valence-corrected chi connectivity index (χ4v) is 2.83. The monoisotopic (exact) mass is 440 g/mol. The normalized spacial score (nSPS) is 13.0. The maximum atomic E-state index is 12.2. The molecular formula is C17H14BrClN2O5. The predicted octanol–water partition coefficient (Wildman–Crippen LogP) is 3.06. The first-order valence-corrected chi connectivity index (χ1v) is 8.72. The second kappa shape index (κ2) is 7.84. The molecule has 1 aliphatic heterocycles. The van der Waals surface area contributed by atoms with E-state index >= 15 is 0 Å². The Morgan fingerprint density at radius 3 is 2.81 bits per heavy atom. The number of hydrogen-bond acceptors (Lipinski definition) is 5. The van der Waals surface area contributed by atoms with Crippen molar-refractivity contribution in [3.8, 4) is 17.2 Å². The van der Waals surface area contributed by atoms with E-state index in [-0.39, 0.29) is 17.4 Å². The van der Waals surface area contributed by atoms with Crippen LogP contribution in [0.25, 0.3) is 0 Å². The molecule has 0 aliphatic carbocycles. The SMILES string of the molecule is CC(Oc1cccc(Br)c1)C(=O)NNC(=O)c1cc(Cl)c2c(c1)OCO2. The van der Waals surface area contributed by atoms with Gasteiger partial charge in [0, 0.05) is 10.0 Å². The highest BCUT2D eigenvalue weighted by Gasteiger charge is 2.21. The Bertz CT molecular complexity index is 861. The number of fused-ring (bicyclic) bond motifs is 1. The van der Waals surface area contributed by atoms with Crippen molar-refractivity contribution in [1.82, 2.24) is 10.9 Å². The quantitative estimate of drug-likeness (QED) is 0.712. The van der Waals surface area contributed by atoms with Crippen LogP contribution in [-0.4, -0.2) is 24.7 Å². The molecule has 0 spiro atoms. The van der Waals surface area contributed by atoms with E-state index in [1.165, 1.54) is 12.1 Å². The van der Waals surface area contributed by atoms with E-state index in [1.54, 1.807) is 25.1 Å². The van der Waals surface area contributed by atoms with Crippen molar-refractivity contribution in [3.05, 3.63) is 51.5 Å². The number of benzene rings is 2. The van der Waals surface area contributed by atoms with E-state index in [1.807, 2.05) is 6.07 Å². The highest BCUT2D eigenvalue weighted by molar-refractivity contribution is 9.10. The van der Waals surface area contributed by atoms with E-state index in [4.69, 9.17) is 25.8 Å². The number of hydrazine groups is 1. The standard InChI is InChI=1S/C17H14BrClN2O5/c1-9(26-12-4-2-3-11(18)7-12)16(22)20-21-17(23)10-5-13(19)15-14(6-10)24-8-25-15/h2-7,9H,8H2,1H3,(H,20,22)(H,21,23). The zero-order valence-electron chi connectivity index (χ0n) is 13.5. The number of amides is 2. The second-order valence-electron chi connectivity index (χ2n) is 5.35. The summed E-state index contributed by atoms with van der Waals surface area (Å²) in [5.74, 6) is 0.234. The van der Waals surface area contributed by atoms with Gasteiger partial charge in [0.1, 0.15) is 5.75 Å². The Balaban J connectivity index is 1.57. The molecule has 1 aliphatic rings. The lowest BCUT2D eigenvalue weighted by atomic mass is 10.2. The highest BCUT2D eigenvalue weighted by atomic mass is 79.9. The second-order valence-corrected chi connectivity index (χ2v) is 6.68. The van der Waals surface area contributed by atoms with Crippen molar-refractivity contribution in [2.75, 3.05) is 6.79 Å². The number of halogens is 2. The Labute approximate surface area is 162 Å². The minimum Gasteiger partial charge on any atom is -0.481 e. The molecule has 3 rings (SSSR count). The van der Waals surface area contributed by atoms with Crippen LogP contribution >= 0.6 is 27.5 Å². The molecule has 1 unspecified atom stereocenters. The summed E-state index contributed by atoms with van der Waals surface area (Å²) in [6, 6.07) is 10.00. The van der Waals surface area contributed by atoms with Gasteiger partial charge in [0.15, 0.2) is 17.6 Å². The van der Waals surface area contributed by atoms with Gasteiger partial charge in [0.25, 0.3) is 11.8 Å². The molecule has 0 saturated carbocycles. The van der Waals surface area contributed by atoms with Crippen LogP contribution in [0.4, 0.5) is 0 Å². The fourth-order valence-electron chi connectivity index (χ4n) is 2.19. The summed E-state index contributed by atoms with van der Waals surface area (Å²) in [6.07, 6.45) is -0.815. The van der Waals surface area contributed by atoms with E-state index in [2.05, 4.69) is 26.8 Å². The third-order valence-corrected chi connectivity index (χ3v) is 4.24. The summed E-state index contributed by atoms with van der Waals surface area (Å²) < 4.78 is 16.7. The molecule has 2 aromatic carbocycles. The largest absolute Gasteiger partial charge is 0.481 e. The van der Waals surface area contributed by atoms with Crippen LogP contribution in [0, 0.1) is 0 Å². The van der Waals surface area contributed by atoms with E-state index in [9.17, 15) is 9.59 Å². The minimum atomic E-state index is -0.815. The summed E-state index contributed by atoms with van der Waals surface area (Å²) in [4.78, 5) is 24.3. The lowest BCUT2D eigenvalue weighted by Crippen LogP contribution is -2.47. The lowest BCUT2D eigenvalue weighted by molar-refractivity contribution is -0.128. The lowest BCUT2D eigenvalue weighted by Gasteiger charge is -2.15. The predicted molar refractivity (Wildman–Crippen MR) is 97.4 cm³/mol. The van der Waals surface area contributed by atoms with E-state index in [0.717, 1.165) is 4.47 Å². The Morgan fingerprint density at radius 2 is 2.04 bits per heavy atom. The Morgan fingerprint density at radius 1 is 1.23 bits per heavy atom. The van der Waals surface area contributed by atoms with Crippen molar-refractivity contribution < 1.29 is 23.8 Å². The molecular weight excluding hydrogens is 428 g/mol. The number of hydrogen-bond donors (Lipinski definition) is 2. The van der Waals surface area contributed by atoms with Crippen LogP contribution in [0.2, 0.25) is 5.02 Å². The van der Waals surface area contributed by atoms with Gasteiger partial charge in [0.2, 0.25) is 6.79 Å². The maximum Gasteiger partial charge on any atom is 0.279 e. The van der Waals surface area contributed by atoms with Gasteiger partial charge in [-0.3, -0.25) is 20.4 Å². The Kier molecular flexibility index (Phi) is 5.53. The highest BCUT2D eigenvalue weighted by Crippen LogP contribution is 2.39.